The number of rotatable bonds is 6. The summed E-state index contributed by atoms with van der Waals surface area (Å²) in [5.74, 6) is 6.98. The van der Waals surface area contributed by atoms with Crippen molar-refractivity contribution in [3.63, 3.8) is 0 Å². The number of benzene rings is 1. The molecule has 3 aromatic rings. The Morgan fingerprint density at radius 2 is 2.08 bits per heavy atom. The predicted molar refractivity (Wildman–Crippen MR) is 106 cm³/mol. The van der Waals surface area contributed by atoms with Crippen LogP contribution in [0.1, 0.15) is 18.2 Å². The smallest absolute Gasteiger partial charge is 0.264 e. The molecule has 0 aliphatic rings. The predicted octanol–water partition coefficient (Wildman–Crippen LogP) is 3.82. The largest absolute Gasteiger partial charge is 0.334 e. The minimum absolute atomic E-state index is 0.330. The fourth-order valence-electron chi connectivity index (χ4n) is 2.00. The van der Waals surface area contributed by atoms with E-state index in [4.69, 9.17) is 29.0 Å². The van der Waals surface area contributed by atoms with Crippen molar-refractivity contribution in [1.29, 1.82) is 0 Å². The van der Waals surface area contributed by atoms with Gasteiger partial charge in [-0.25, -0.2) is 10.1 Å². The lowest BCUT2D eigenvalue weighted by atomic mass is 10.2. The molecule has 0 fully saturated rings. The van der Waals surface area contributed by atoms with E-state index >= 15 is 0 Å². The Morgan fingerprint density at radius 1 is 1.23 bits per heavy atom. The number of thioether (sulfide) groups is 1. The third-order valence-corrected chi connectivity index (χ3v) is 5.13. The Kier molecular flexibility index (Phi) is 5.97. The van der Waals surface area contributed by atoms with Crippen molar-refractivity contribution in [2.75, 3.05) is 11.3 Å². The average molecular weight is 408 g/mol. The highest BCUT2D eigenvalue weighted by atomic mass is 35.5. The van der Waals surface area contributed by atoms with Crippen molar-refractivity contribution in [2.24, 2.45) is 5.10 Å². The van der Waals surface area contributed by atoms with Gasteiger partial charge in [-0.3, -0.25) is 4.98 Å². The van der Waals surface area contributed by atoms with E-state index < -0.39 is 0 Å². The molecule has 0 bridgehead atoms. The molecule has 3 rings (SSSR count). The first-order chi connectivity index (χ1) is 12.5. The maximum atomic E-state index is 6.02. The van der Waals surface area contributed by atoms with Gasteiger partial charge in [0.1, 0.15) is 0 Å². The standard InChI is InChI=1S/C16H15Cl2N7S/c1-10(14-4-2-3-7-20-14)21-22-15-23-24-16(25(15)19)26-9-11-5-6-12(17)13(18)8-11/h2-8H,9,19H2,1H3,(H,22,23)/b21-10+. The summed E-state index contributed by atoms with van der Waals surface area (Å²) in [6.45, 7) is 1.84. The molecule has 2 heterocycles. The van der Waals surface area contributed by atoms with Gasteiger partial charge >= 0.3 is 0 Å². The Bertz CT molecular complexity index is 928. The van der Waals surface area contributed by atoms with Gasteiger partial charge in [0.2, 0.25) is 5.16 Å². The fourth-order valence-corrected chi connectivity index (χ4v) is 3.12. The van der Waals surface area contributed by atoms with Crippen molar-refractivity contribution in [3.05, 3.63) is 63.9 Å². The maximum absolute atomic E-state index is 6.02. The lowest BCUT2D eigenvalue weighted by Crippen LogP contribution is -2.14. The molecule has 1 aromatic carbocycles. The molecule has 0 saturated heterocycles. The number of nitrogens with one attached hydrogen (secondary N) is 1. The minimum atomic E-state index is 0.330. The number of nitrogens with zero attached hydrogens (tertiary/aromatic N) is 5. The van der Waals surface area contributed by atoms with Gasteiger partial charge in [-0.05, 0) is 36.8 Å². The topological polar surface area (TPSA) is 94.0 Å². The molecule has 0 unspecified atom stereocenters. The van der Waals surface area contributed by atoms with Crippen LogP contribution in [-0.2, 0) is 5.75 Å². The van der Waals surface area contributed by atoms with Crippen LogP contribution >= 0.6 is 35.0 Å². The summed E-state index contributed by atoms with van der Waals surface area (Å²) >= 11 is 13.4. The fraction of sp³-hybridized carbons (Fsp3) is 0.125. The molecule has 26 heavy (non-hydrogen) atoms. The summed E-state index contributed by atoms with van der Waals surface area (Å²) in [4.78, 5) is 4.23. The summed E-state index contributed by atoms with van der Waals surface area (Å²) in [5.41, 5.74) is 5.28. The molecule has 7 nitrogen and oxygen atoms in total. The molecule has 134 valence electrons. The van der Waals surface area contributed by atoms with E-state index in [1.165, 1.54) is 16.4 Å². The van der Waals surface area contributed by atoms with Gasteiger partial charge in [-0.2, -0.15) is 5.10 Å². The summed E-state index contributed by atoms with van der Waals surface area (Å²) < 4.78 is 1.34. The number of nitrogens with two attached hydrogens (primary N) is 1. The summed E-state index contributed by atoms with van der Waals surface area (Å²) in [6, 6.07) is 11.1. The maximum Gasteiger partial charge on any atom is 0.264 e. The lowest BCUT2D eigenvalue weighted by Gasteiger charge is -2.05. The third kappa shape index (κ3) is 4.46. The van der Waals surface area contributed by atoms with Gasteiger partial charge in [0, 0.05) is 11.9 Å². The van der Waals surface area contributed by atoms with E-state index in [1.54, 1.807) is 12.3 Å². The summed E-state index contributed by atoms with van der Waals surface area (Å²) in [5, 5.41) is 13.9. The molecule has 0 aliphatic heterocycles. The number of pyridine rings is 1. The minimum Gasteiger partial charge on any atom is -0.334 e. The number of aromatic nitrogens is 4. The molecule has 0 saturated carbocycles. The zero-order valence-electron chi connectivity index (χ0n) is 13.7. The van der Waals surface area contributed by atoms with E-state index in [-0.39, 0.29) is 0 Å². The Morgan fingerprint density at radius 3 is 2.81 bits per heavy atom. The van der Waals surface area contributed by atoms with Crippen molar-refractivity contribution >= 4 is 46.6 Å². The SMILES string of the molecule is C/C(=N\Nc1nnc(SCc2ccc(Cl)c(Cl)c2)n1N)c1ccccn1. The summed E-state index contributed by atoms with van der Waals surface area (Å²) in [6.07, 6.45) is 1.71. The van der Waals surface area contributed by atoms with Gasteiger partial charge in [-0.1, -0.05) is 47.1 Å². The Hall–Kier alpha value is -2.29. The van der Waals surface area contributed by atoms with Gasteiger partial charge in [0.15, 0.2) is 0 Å². The molecule has 0 aliphatic carbocycles. The molecule has 0 spiro atoms. The number of nitrogen functional groups attached to an aromatic ring is 1. The van der Waals surface area contributed by atoms with Crippen LogP contribution in [0, 0.1) is 0 Å². The number of hydrogen-bond donors (Lipinski definition) is 2. The molecule has 2 aromatic heterocycles. The van der Waals surface area contributed by atoms with Gasteiger partial charge in [0.25, 0.3) is 5.95 Å². The number of hydrogen-bond acceptors (Lipinski definition) is 7. The highest BCUT2D eigenvalue weighted by Gasteiger charge is 2.11. The lowest BCUT2D eigenvalue weighted by molar-refractivity contribution is 0.846. The van der Waals surface area contributed by atoms with Gasteiger partial charge in [0.05, 0.1) is 21.5 Å². The quantitative estimate of drug-likeness (QED) is 0.279. The number of anilines is 1. The van der Waals surface area contributed by atoms with Crippen LogP contribution in [0.4, 0.5) is 5.95 Å². The Labute approximate surface area is 164 Å². The molecule has 0 radical (unpaired) electrons. The van der Waals surface area contributed by atoms with Crippen LogP contribution < -0.4 is 11.3 Å². The highest BCUT2D eigenvalue weighted by Crippen LogP contribution is 2.27. The van der Waals surface area contributed by atoms with Gasteiger partial charge < -0.3 is 5.84 Å². The first kappa shape index (κ1) is 18.5. The molecule has 0 amide bonds. The van der Waals surface area contributed by atoms with Gasteiger partial charge in [-0.15, -0.1) is 10.2 Å². The average Bonchev–Trinajstić information content (AvgIpc) is 3.01. The normalized spacial score (nSPS) is 11.6. The van der Waals surface area contributed by atoms with Crippen molar-refractivity contribution in [3.8, 4) is 0 Å². The van der Waals surface area contributed by atoms with Crippen LogP contribution in [0.25, 0.3) is 0 Å². The molecule has 10 heteroatoms. The Balaban J connectivity index is 1.65. The van der Waals surface area contributed by atoms with E-state index in [0.29, 0.717) is 32.6 Å². The van der Waals surface area contributed by atoms with Crippen LogP contribution in [0.3, 0.4) is 0 Å². The molecular weight excluding hydrogens is 393 g/mol. The second kappa shape index (κ2) is 8.39. The monoisotopic (exact) mass is 407 g/mol. The number of hydrazone groups is 1. The van der Waals surface area contributed by atoms with Crippen molar-refractivity contribution < 1.29 is 0 Å². The van der Waals surface area contributed by atoms with Crippen LogP contribution in [0.5, 0.6) is 0 Å². The van der Waals surface area contributed by atoms with E-state index in [9.17, 15) is 0 Å². The van der Waals surface area contributed by atoms with E-state index in [0.717, 1.165) is 11.3 Å². The second-order valence-electron chi connectivity index (χ2n) is 5.24. The summed E-state index contributed by atoms with van der Waals surface area (Å²) in [7, 11) is 0. The van der Waals surface area contributed by atoms with Crippen molar-refractivity contribution in [1.82, 2.24) is 19.9 Å². The van der Waals surface area contributed by atoms with Crippen LogP contribution in [-0.4, -0.2) is 25.6 Å². The zero-order chi connectivity index (χ0) is 18.5. The van der Waals surface area contributed by atoms with E-state index in [2.05, 4.69) is 25.7 Å². The first-order valence-corrected chi connectivity index (χ1v) is 9.27. The third-order valence-electron chi connectivity index (χ3n) is 3.38. The molecular formula is C16H15Cl2N7S. The second-order valence-corrected chi connectivity index (χ2v) is 6.99. The van der Waals surface area contributed by atoms with Crippen LogP contribution in [0.2, 0.25) is 10.0 Å². The highest BCUT2D eigenvalue weighted by molar-refractivity contribution is 7.98. The van der Waals surface area contributed by atoms with Crippen molar-refractivity contribution in [2.45, 2.75) is 17.8 Å². The first-order valence-electron chi connectivity index (χ1n) is 7.53. The molecule has 0 atom stereocenters. The number of halogens is 2. The van der Waals surface area contributed by atoms with Crippen LogP contribution in [0.15, 0.2) is 52.9 Å². The zero-order valence-corrected chi connectivity index (χ0v) is 16.1. The molecule has 3 N–H and O–H groups in total. The van der Waals surface area contributed by atoms with E-state index in [1.807, 2.05) is 37.3 Å².